The Bertz CT molecular complexity index is 605. The lowest BCUT2D eigenvalue weighted by Gasteiger charge is -2.25. The van der Waals surface area contributed by atoms with Crippen molar-refractivity contribution in [2.75, 3.05) is 6.54 Å². The Balaban J connectivity index is 1.90. The predicted octanol–water partition coefficient (Wildman–Crippen LogP) is 3.12. The van der Waals surface area contributed by atoms with Crippen molar-refractivity contribution in [3.8, 4) is 6.07 Å². The molecule has 0 aromatic heterocycles. The van der Waals surface area contributed by atoms with Gasteiger partial charge in [0.05, 0.1) is 24.2 Å². The predicted molar refractivity (Wildman–Crippen MR) is 74.2 cm³/mol. The maximum Gasteiger partial charge on any atom is 0.128 e. The summed E-state index contributed by atoms with van der Waals surface area (Å²) in [6, 6.07) is 10.1. The van der Waals surface area contributed by atoms with Gasteiger partial charge in [0.2, 0.25) is 0 Å². The normalized spacial score (nSPS) is 21.1. The summed E-state index contributed by atoms with van der Waals surface area (Å²) >= 11 is 3.48. The van der Waals surface area contributed by atoms with Crippen molar-refractivity contribution in [2.24, 2.45) is 4.99 Å². The van der Waals surface area contributed by atoms with E-state index in [0.717, 1.165) is 16.9 Å². The monoisotopic (exact) mass is 299 g/mol. The molecule has 1 aromatic rings. The minimum atomic E-state index is 0.227. The summed E-state index contributed by atoms with van der Waals surface area (Å²) in [5, 5.41) is 8.81. The van der Waals surface area contributed by atoms with Crippen molar-refractivity contribution >= 4 is 21.8 Å². The molecule has 0 saturated heterocycles. The van der Waals surface area contributed by atoms with Crippen LogP contribution in [0.5, 0.6) is 0 Å². The number of hydrogen-bond acceptors (Lipinski definition) is 3. The molecule has 3 rings (SSSR count). The minimum Gasteiger partial charge on any atom is -0.323 e. The summed E-state index contributed by atoms with van der Waals surface area (Å²) in [6.45, 7) is 0.752. The van der Waals surface area contributed by atoms with Crippen LogP contribution in [0.3, 0.4) is 0 Å². The van der Waals surface area contributed by atoms with Crippen molar-refractivity contribution < 1.29 is 0 Å². The summed E-state index contributed by atoms with van der Waals surface area (Å²) in [5.74, 6) is 0.993. The molecular weight excluding hydrogens is 290 g/mol. The third-order valence-corrected chi connectivity index (χ3v) is 3.57. The van der Waals surface area contributed by atoms with Gasteiger partial charge in [-0.1, -0.05) is 12.1 Å². The van der Waals surface area contributed by atoms with Crippen molar-refractivity contribution in [1.29, 1.82) is 5.26 Å². The van der Waals surface area contributed by atoms with Crippen molar-refractivity contribution in [3.05, 3.63) is 58.2 Å². The fourth-order valence-corrected chi connectivity index (χ4v) is 2.53. The fourth-order valence-electron chi connectivity index (χ4n) is 2.18. The number of hydrogen-bond donors (Lipinski definition) is 0. The van der Waals surface area contributed by atoms with Crippen molar-refractivity contribution in [1.82, 2.24) is 4.90 Å². The fraction of sp³-hybridized carbons (Fsp3) is 0.143. The van der Waals surface area contributed by atoms with Gasteiger partial charge >= 0.3 is 0 Å². The molecule has 0 fully saturated rings. The van der Waals surface area contributed by atoms with E-state index >= 15 is 0 Å². The zero-order chi connectivity index (χ0) is 12.5. The molecule has 3 nitrogen and oxygen atoms in total. The van der Waals surface area contributed by atoms with Crippen LogP contribution in [-0.2, 0) is 0 Å². The first kappa shape index (κ1) is 11.2. The van der Waals surface area contributed by atoms with Crippen LogP contribution in [0.25, 0.3) is 0 Å². The molecule has 0 radical (unpaired) electrons. The average Bonchev–Trinajstić information content (AvgIpc) is 2.82. The number of aliphatic imine (C=N–C) groups is 1. The summed E-state index contributed by atoms with van der Waals surface area (Å²) in [5.41, 5.74) is 1.87. The van der Waals surface area contributed by atoms with Crippen LogP contribution in [0.1, 0.15) is 17.2 Å². The molecule has 0 bridgehead atoms. The molecule has 4 heteroatoms. The maximum atomic E-state index is 8.81. The first-order valence-electron chi connectivity index (χ1n) is 5.66. The maximum absolute atomic E-state index is 8.81. The van der Waals surface area contributed by atoms with Gasteiger partial charge in [-0.05, 0) is 45.8 Å². The summed E-state index contributed by atoms with van der Waals surface area (Å²) in [7, 11) is 0. The van der Waals surface area contributed by atoms with E-state index in [9.17, 15) is 0 Å². The smallest absolute Gasteiger partial charge is 0.128 e. The van der Waals surface area contributed by atoms with Crippen LogP contribution in [0.15, 0.2) is 52.1 Å². The zero-order valence-electron chi connectivity index (χ0n) is 9.55. The first-order chi connectivity index (χ1) is 8.78. The molecule has 1 unspecified atom stereocenters. The van der Waals surface area contributed by atoms with E-state index in [4.69, 9.17) is 5.26 Å². The lowest BCUT2D eigenvalue weighted by atomic mass is 10.0. The Morgan fingerprint density at radius 2 is 2.06 bits per heavy atom. The SMILES string of the molecule is N#Cc1ccc(C2CN=C3C=CC(Br)=CN32)cc1. The van der Waals surface area contributed by atoms with Crippen molar-refractivity contribution in [3.63, 3.8) is 0 Å². The second-order valence-electron chi connectivity index (χ2n) is 4.20. The van der Waals surface area contributed by atoms with E-state index in [0.29, 0.717) is 5.56 Å². The number of halogens is 1. The number of benzene rings is 1. The van der Waals surface area contributed by atoms with E-state index in [1.807, 2.05) is 36.4 Å². The molecule has 0 saturated carbocycles. The second kappa shape index (κ2) is 4.43. The standard InChI is InChI=1S/C14H10BrN3/c15-12-5-6-14-17-8-13(18(14)9-12)11-3-1-10(7-16)2-4-11/h1-6,9,13H,8H2. The highest BCUT2D eigenvalue weighted by atomic mass is 79.9. The van der Waals surface area contributed by atoms with Gasteiger partial charge < -0.3 is 4.90 Å². The van der Waals surface area contributed by atoms with Gasteiger partial charge in [0.1, 0.15) is 5.84 Å². The highest BCUT2D eigenvalue weighted by Crippen LogP contribution is 2.31. The molecule has 0 spiro atoms. The molecule has 0 aliphatic carbocycles. The van der Waals surface area contributed by atoms with Crippen molar-refractivity contribution in [2.45, 2.75) is 6.04 Å². The van der Waals surface area contributed by atoms with Gasteiger partial charge in [0.15, 0.2) is 0 Å². The number of allylic oxidation sites excluding steroid dienone is 2. The summed E-state index contributed by atoms with van der Waals surface area (Å²) < 4.78 is 1.04. The Hall–Kier alpha value is -1.86. The molecule has 88 valence electrons. The zero-order valence-corrected chi connectivity index (χ0v) is 11.1. The molecule has 2 aliphatic heterocycles. The van der Waals surface area contributed by atoms with Crippen LogP contribution in [0.2, 0.25) is 0 Å². The van der Waals surface area contributed by atoms with Gasteiger partial charge in [-0.3, -0.25) is 4.99 Å². The van der Waals surface area contributed by atoms with E-state index in [2.05, 4.69) is 38.1 Å². The third kappa shape index (κ3) is 1.87. The third-order valence-electron chi connectivity index (χ3n) is 3.11. The van der Waals surface area contributed by atoms with E-state index < -0.39 is 0 Å². The molecule has 0 amide bonds. The molecule has 2 heterocycles. The van der Waals surface area contributed by atoms with Gasteiger partial charge in [-0.2, -0.15) is 5.26 Å². The number of nitrogens with zero attached hydrogens (tertiary/aromatic N) is 3. The lowest BCUT2D eigenvalue weighted by molar-refractivity contribution is 0.457. The number of amidine groups is 1. The highest BCUT2D eigenvalue weighted by Gasteiger charge is 2.27. The van der Waals surface area contributed by atoms with Gasteiger partial charge in [-0.15, -0.1) is 0 Å². The van der Waals surface area contributed by atoms with E-state index in [1.165, 1.54) is 5.56 Å². The van der Waals surface area contributed by atoms with E-state index in [1.54, 1.807) is 0 Å². The molecule has 0 N–H and O–H groups in total. The lowest BCUT2D eigenvalue weighted by Crippen LogP contribution is -2.26. The molecular formula is C14H10BrN3. The minimum absolute atomic E-state index is 0.227. The van der Waals surface area contributed by atoms with Crippen LogP contribution >= 0.6 is 15.9 Å². The Labute approximate surface area is 114 Å². The molecule has 18 heavy (non-hydrogen) atoms. The van der Waals surface area contributed by atoms with Gasteiger partial charge in [-0.25, -0.2) is 0 Å². The van der Waals surface area contributed by atoms with Crippen LogP contribution in [-0.4, -0.2) is 17.3 Å². The second-order valence-corrected chi connectivity index (χ2v) is 5.12. The first-order valence-corrected chi connectivity index (χ1v) is 6.45. The molecule has 1 atom stereocenters. The van der Waals surface area contributed by atoms with Gasteiger partial charge in [0, 0.05) is 10.7 Å². The van der Waals surface area contributed by atoms with Crippen LogP contribution in [0.4, 0.5) is 0 Å². The van der Waals surface area contributed by atoms with Gasteiger partial charge in [0.25, 0.3) is 0 Å². The quantitative estimate of drug-likeness (QED) is 0.799. The Morgan fingerprint density at radius 3 is 2.78 bits per heavy atom. The van der Waals surface area contributed by atoms with Crippen LogP contribution in [0, 0.1) is 11.3 Å². The highest BCUT2D eigenvalue weighted by molar-refractivity contribution is 9.11. The topological polar surface area (TPSA) is 39.4 Å². The van der Waals surface area contributed by atoms with Crippen LogP contribution < -0.4 is 0 Å². The van der Waals surface area contributed by atoms with E-state index in [-0.39, 0.29) is 6.04 Å². The summed E-state index contributed by atoms with van der Waals surface area (Å²) in [6.07, 6.45) is 6.05. The number of rotatable bonds is 1. The summed E-state index contributed by atoms with van der Waals surface area (Å²) in [4.78, 5) is 6.68. The average molecular weight is 300 g/mol. The largest absolute Gasteiger partial charge is 0.323 e. The Morgan fingerprint density at radius 1 is 1.28 bits per heavy atom. The molecule has 2 aliphatic rings. The Kier molecular flexibility index (Phi) is 2.77. The number of nitriles is 1. The number of fused-ring (bicyclic) bond motifs is 1. The molecule has 1 aromatic carbocycles.